The second-order valence-corrected chi connectivity index (χ2v) is 7.01. The third-order valence-electron chi connectivity index (χ3n) is 4.72. The number of nitro benzene ring substituents is 1. The summed E-state index contributed by atoms with van der Waals surface area (Å²) in [5.41, 5.74) is -0.191. The molecule has 0 saturated heterocycles. The van der Waals surface area contributed by atoms with E-state index in [4.69, 9.17) is 18.9 Å². The van der Waals surface area contributed by atoms with Crippen LogP contribution in [0.5, 0.6) is 23.0 Å². The fourth-order valence-corrected chi connectivity index (χ4v) is 3.06. The zero-order valence-electron chi connectivity index (χ0n) is 18.3. The van der Waals surface area contributed by atoms with Crippen molar-refractivity contribution >= 4 is 23.4 Å². The largest absolute Gasteiger partial charge is 0.493 e. The molecule has 1 aliphatic rings. The Labute approximate surface area is 190 Å². The second kappa shape index (κ2) is 10.9. The van der Waals surface area contributed by atoms with E-state index >= 15 is 0 Å². The second-order valence-electron chi connectivity index (χ2n) is 7.01. The molecule has 1 heterocycles. The first kappa shape index (κ1) is 23.4. The number of nitro groups is 1. The molecule has 1 N–H and O–H groups in total. The highest BCUT2D eigenvalue weighted by Gasteiger charge is 2.24. The summed E-state index contributed by atoms with van der Waals surface area (Å²) in [4.78, 5) is 23.6. The Morgan fingerprint density at radius 1 is 1.24 bits per heavy atom. The number of carbonyl (C=O) groups is 1. The molecule has 1 aliphatic heterocycles. The van der Waals surface area contributed by atoms with Crippen molar-refractivity contribution in [1.29, 1.82) is 5.26 Å². The topological polar surface area (TPSA) is 133 Å². The molecule has 0 aliphatic carbocycles. The number of amides is 1. The average molecular weight is 453 g/mol. The number of ether oxygens (including phenoxy) is 4. The highest BCUT2D eigenvalue weighted by atomic mass is 16.6. The normalized spacial score (nSPS) is 12.5. The molecule has 0 fully saturated rings. The van der Waals surface area contributed by atoms with Gasteiger partial charge in [0.1, 0.15) is 30.5 Å². The first-order valence-electron chi connectivity index (χ1n) is 10.3. The number of methoxy groups -OCH3 is 1. The molecule has 3 rings (SSSR count). The molecule has 0 saturated carbocycles. The van der Waals surface area contributed by atoms with E-state index < -0.39 is 10.8 Å². The van der Waals surface area contributed by atoms with Crippen molar-refractivity contribution in [2.24, 2.45) is 0 Å². The lowest BCUT2D eigenvalue weighted by Crippen LogP contribution is -2.18. The number of unbranched alkanes of at least 4 members (excludes halogenated alkanes) is 1. The van der Waals surface area contributed by atoms with Crippen LogP contribution in [0, 0.1) is 21.4 Å². The lowest BCUT2D eigenvalue weighted by atomic mass is 10.1. The van der Waals surface area contributed by atoms with Gasteiger partial charge in [-0.25, -0.2) is 0 Å². The van der Waals surface area contributed by atoms with Gasteiger partial charge in [0.2, 0.25) is 0 Å². The minimum Gasteiger partial charge on any atom is -0.493 e. The molecule has 0 aromatic heterocycles. The molecular weight excluding hydrogens is 430 g/mol. The van der Waals surface area contributed by atoms with Gasteiger partial charge in [-0.2, -0.15) is 5.26 Å². The molecule has 10 heteroatoms. The summed E-state index contributed by atoms with van der Waals surface area (Å²) >= 11 is 0. The monoisotopic (exact) mass is 453 g/mol. The van der Waals surface area contributed by atoms with Crippen LogP contribution in [-0.2, 0) is 4.79 Å². The van der Waals surface area contributed by atoms with Crippen molar-refractivity contribution in [3.63, 3.8) is 0 Å². The number of hydrogen-bond donors (Lipinski definition) is 1. The minimum atomic E-state index is -0.804. The fourth-order valence-electron chi connectivity index (χ4n) is 3.06. The zero-order valence-corrected chi connectivity index (χ0v) is 18.3. The zero-order chi connectivity index (χ0) is 23.8. The summed E-state index contributed by atoms with van der Waals surface area (Å²) < 4.78 is 21.8. The summed E-state index contributed by atoms with van der Waals surface area (Å²) in [7, 11) is 1.52. The maximum Gasteiger partial charge on any atom is 0.296 e. The van der Waals surface area contributed by atoms with Crippen LogP contribution in [0.3, 0.4) is 0 Å². The van der Waals surface area contributed by atoms with E-state index in [9.17, 15) is 20.2 Å². The quantitative estimate of drug-likeness (QED) is 0.197. The Morgan fingerprint density at radius 3 is 2.61 bits per heavy atom. The molecule has 0 bridgehead atoms. The minimum absolute atomic E-state index is 0.103. The summed E-state index contributed by atoms with van der Waals surface area (Å²) in [6, 6.07) is 9.33. The summed E-state index contributed by atoms with van der Waals surface area (Å²) in [5, 5.41) is 23.4. The van der Waals surface area contributed by atoms with Crippen LogP contribution in [0.4, 0.5) is 11.4 Å². The number of fused-ring (bicyclic) bond motifs is 1. The Kier molecular flexibility index (Phi) is 7.70. The van der Waals surface area contributed by atoms with Gasteiger partial charge in [0.25, 0.3) is 11.6 Å². The maximum absolute atomic E-state index is 12.8. The third-order valence-corrected chi connectivity index (χ3v) is 4.72. The smallest absolute Gasteiger partial charge is 0.296 e. The van der Waals surface area contributed by atoms with E-state index in [1.807, 2.05) is 13.0 Å². The average Bonchev–Trinajstić information content (AvgIpc) is 2.82. The van der Waals surface area contributed by atoms with E-state index in [-0.39, 0.29) is 41.7 Å². The number of nitrogens with one attached hydrogen (secondary N) is 1. The molecule has 10 nitrogen and oxygen atoms in total. The van der Waals surface area contributed by atoms with Gasteiger partial charge in [-0.05, 0) is 30.2 Å². The molecule has 0 unspecified atom stereocenters. The van der Waals surface area contributed by atoms with Gasteiger partial charge in [-0.15, -0.1) is 0 Å². The van der Waals surface area contributed by atoms with Crippen LogP contribution in [0.25, 0.3) is 6.08 Å². The van der Waals surface area contributed by atoms with Crippen molar-refractivity contribution in [2.75, 3.05) is 32.2 Å². The highest BCUT2D eigenvalue weighted by Crippen LogP contribution is 2.39. The van der Waals surface area contributed by atoms with Crippen LogP contribution >= 0.6 is 0 Å². The summed E-state index contributed by atoms with van der Waals surface area (Å²) in [6.45, 7) is 3.09. The van der Waals surface area contributed by atoms with Gasteiger partial charge in [0, 0.05) is 6.07 Å². The van der Waals surface area contributed by atoms with E-state index in [2.05, 4.69) is 5.32 Å². The number of anilines is 1. The van der Waals surface area contributed by atoms with Gasteiger partial charge in [0.15, 0.2) is 23.0 Å². The van der Waals surface area contributed by atoms with Crippen LogP contribution in [0.15, 0.2) is 35.9 Å². The molecule has 2 aromatic rings. The summed E-state index contributed by atoms with van der Waals surface area (Å²) in [5.74, 6) is 0.698. The molecule has 0 spiro atoms. The maximum atomic E-state index is 12.8. The van der Waals surface area contributed by atoms with Crippen molar-refractivity contribution in [2.45, 2.75) is 19.8 Å². The number of hydrogen-bond acceptors (Lipinski definition) is 8. The number of rotatable bonds is 9. The van der Waals surface area contributed by atoms with E-state index in [1.165, 1.54) is 25.3 Å². The lowest BCUT2D eigenvalue weighted by Gasteiger charge is -2.19. The van der Waals surface area contributed by atoms with E-state index in [0.29, 0.717) is 23.7 Å². The molecule has 0 atom stereocenters. The standard InChI is InChI=1S/C23H23N3O7/c1-3-4-7-31-20-11-15(5-6-19(20)30-2)10-16(14-24)23(27)25-17-12-21-22(33-9-8-32-21)13-18(17)26(28)29/h5-6,10-13H,3-4,7-9H2,1-2H3,(H,25,27)/b16-10+. The van der Waals surface area contributed by atoms with Gasteiger partial charge >= 0.3 is 0 Å². The number of nitrogens with zero attached hydrogens (tertiary/aromatic N) is 2. The van der Waals surface area contributed by atoms with Crippen LogP contribution < -0.4 is 24.3 Å². The Bertz CT molecular complexity index is 1120. The molecule has 2 aromatic carbocycles. The van der Waals surface area contributed by atoms with Crippen molar-refractivity contribution in [3.05, 3.63) is 51.6 Å². The molecule has 33 heavy (non-hydrogen) atoms. The van der Waals surface area contributed by atoms with Gasteiger partial charge in [-0.3, -0.25) is 14.9 Å². The molecular formula is C23H23N3O7. The molecule has 172 valence electrons. The third kappa shape index (κ3) is 5.71. The van der Waals surface area contributed by atoms with E-state index in [1.54, 1.807) is 18.2 Å². The number of carbonyl (C=O) groups excluding carboxylic acids is 1. The van der Waals surface area contributed by atoms with Crippen molar-refractivity contribution in [3.8, 4) is 29.1 Å². The predicted octanol–water partition coefficient (Wildman–Crippen LogP) is 4.10. The SMILES string of the molecule is CCCCOc1cc(/C=C(\C#N)C(=O)Nc2cc3c(cc2[N+](=O)[O-])OCCO3)ccc1OC. The summed E-state index contributed by atoms with van der Waals surface area (Å²) in [6.07, 6.45) is 3.20. The van der Waals surface area contributed by atoms with Crippen molar-refractivity contribution in [1.82, 2.24) is 0 Å². The lowest BCUT2D eigenvalue weighted by molar-refractivity contribution is -0.384. The molecule has 1 amide bonds. The fraction of sp³-hybridized carbons (Fsp3) is 0.304. The Morgan fingerprint density at radius 2 is 1.97 bits per heavy atom. The van der Waals surface area contributed by atoms with Gasteiger partial charge < -0.3 is 24.3 Å². The Balaban J connectivity index is 1.87. The predicted molar refractivity (Wildman–Crippen MR) is 120 cm³/mol. The van der Waals surface area contributed by atoms with Gasteiger partial charge in [-0.1, -0.05) is 19.4 Å². The van der Waals surface area contributed by atoms with Crippen LogP contribution in [0.1, 0.15) is 25.3 Å². The number of benzene rings is 2. The van der Waals surface area contributed by atoms with Crippen LogP contribution in [0.2, 0.25) is 0 Å². The highest BCUT2D eigenvalue weighted by molar-refractivity contribution is 6.10. The number of nitriles is 1. The molecule has 0 radical (unpaired) electrons. The first-order chi connectivity index (χ1) is 16.0. The van der Waals surface area contributed by atoms with Gasteiger partial charge in [0.05, 0.1) is 24.7 Å². The van der Waals surface area contributed by atoms with E-state index in [0.717, 1.165) is 12.8 Å². The Hall–Kier alpha value is -4.26. The van der Waals surface area contributed by atoms with Crippen molar-refractivity contribution < 1.29 is 28.7 Å². The first-order valence-corrected chi connectivity index (χ1v) is 10.3. The van der Waals surface area contributed by atoms with Crippen LogP contribution in [-0.4, -0.2) is 37.8 Å².